The van der Waals surface area contributed by atoms with E-state index in [0.717, 1.165) is 14.9 Å². The monoisotopic (exact) mass is 442 g/mol. The first-order chi connectivity index (χ1) is 11.8. The SMILES string of the molecule is Cc1ccc(C)c(S(=O)(=O)N2CCN(C(=O)c3csc(Br)c3)CC2)c1. The standard InChI is InChI=1S/C17H19BrN2O3S2/c1-12-3-4-13(2)15(9-12)25(22,23)20-7-5-19(6-8-20)17(21)14-10-16(18)24-11-14/h3-4,9-11H,5-8H2,1-2H3. The molecule has 0 aliphatic carbocycles. The van der Waals surface area contributed by atoms with Gasteiger partial charge in [-0.2, -0.15) is 4.31 Å². The third kappa shape index (κ3) is 3.81. The maximum Gasteiger partial charge on any atom is 0.254 e. The molecule has 2 aromatic rings. The van der Waals surface area contributed by atoms with E-state index in [0.29, 0.717) is 36.6 Å². The Hall–Kier alpha value is -1.22. The molecule has 0 saturated carbocycles. The third-order valence-corrected chi connectivity index (χ3v) is 7.85. The van der Waals surface area contributed by atoms with Crippen molar-refractivity contribution in [3.05, 3.63) is 50.1 Å². The molecule has 0 radical (unpaired) electrons. The summed E-state index contributed by atoms with van der Waals surface area (Å²) >= 11 is 4.82. The van der Waals surface area contributed by atoms with E-state index in [2.05, 4.69) is 15.9 Å². The minimum absolute atomic E-state index is 0.0502. The number of aryl methyl sites for hydroxylation is 2. The summed E-state index contributed by atoms with van der Waals surface area (Å²) in [5.74, 6) is -0.0502. The Morgan fingerprint density at radius 1 is 1.12 bits per heavy atom. The number of carbonyl (C=O) groups excluding carboxylic acids is 1. The molecule has 1 aromatic carbocycles. The van der Waals surface area contributed by atoms with E-state index < -0.39 is 10.0 Å². The zero-order valence-electron chi connectivity index (χ0n) is 14.0. The quantitative estimate of drug-likeness (QED) is 0.732. The summed E-state index contributed by atoms with van der Waals surface area (Å²) in [7, 11) is -3.53. The summed E-state index contributed by atoms with van der Waals surface area (Å²) in [5.41, 5.74) is 2.30. The number of amides is 1. The fraction of sp³-hybridized carbons (Fsp3) is 0.353. The van der Waals surface area contributed by atoms with Crippen LogP contribution in [0.4, 0.5) is 0 Å². The fourth-order valence-corrected chi connectivity index (χ4v) is 5.72. The van der Waals surface area contributed by atoms with E-state index in [1.165, 1.54) is 15.6 Å². The van der Waals surface area contributed by atoms with Crippen LogP contribution in [0.25, 0.3) is 0 Å². The van der Waals surface area contributed by atoms with Gasteiger partial charge in [0.05, 0.1) is 14.2 Å². The Morgan fingerprint density at radius 3 is 2.40 bits per heavy atom. The average molecular weight is 443 g/mol. The van der Waals surface area contributed by atoms with Crippen molar-refractivity contribution in [3.8, 4) is 0 Å². The second-order valence-corrected chi connectivity index (χ2v) is 10.3. The number of nitrogens with zero attached hydrogens (tertiary/aromatic N) is 2. The number of thiophene rings is 1. The van der Waals surface area contributed by atoms with Gasteiger partial charge < -0.3 is 4.90 Å². The van der Waals surface area contributed by atoms with Crippen LogP contribution < -0.4 is 0 Å². The normalized spacial score (nSPS) is 16.2. The van der Waals surface area contributed by atoms with Crippen molar-refractivity contribution in [3.63, 3.8) is 0 Å². The molecule has 5 nitrogen and oxygen atoms in total. The highest BCUT2D eigenvalue weighted by atomic mass is 79.9. The summed E-state index contributed by atoms with van der Waals surface area (Å²) in [6.07, 6.45) is 0. The second-order valence-electron chi connectivity index (χ2n) is 6.10. The Balaban J connectivity index is 1.73. The number of halogens is 1. The number of benzene rings is 1. The number of sulfonamides is 1. The lowest BCUT2D eigenvalue weighted by Gasteiger charge is -2.34. The number of piperazine rings is 1. The molecule has 1 amide bonds. The molecule has 0 N–H and O–H groups in total. The Bertz CT molecular complexity index is 900. The molecule has 134 valence electrons. The molecule has 8 heteroatoms. The molecule has 3 rings (SSSR count). The van der Waals surface area contributed by atoms with Crippen LogP contribution in [0.3, 0.4) is 0 Å². The van der Waals surface area contributed by atoms with Crippen molar-refractivity contribution >= 4 is 43.2 Å². The van der Waals surface area contributed by atoms with Gasteiger partial charge in [-0.3, -0.25) is 4.79 Å². The number of carbonyl (C=O) groups is 1. The van der Waals surface area contributed by atoms with Crippen molar-refractivity contribution in [2.75, 3.05) is 26.2 Å². The highest BCUT2D eigenvalue weighted by molar-refractivity contribution is 9.11. The minimum atomic E-state index is -3.53. The molecule has 1 saturated heterocycles. The molecule has 0 unspecified atom stereocenters. The van der Waals surface area contributed by atoms with Crippen molar-refractivity contribution in [1.82, 2.24) is 9.21 Å². The highest BCUT2D eigenvalue weighted by Crippen LogP contribution is 2.24. The van der Waals surface area contributed by atoms with Crippen LogP contribution in [-0.4, -0.2) is 49.7 Å². The van der Waals surface area contributed by atoms with Crippen LogP contribution in [0.5, 0.6) is 0 Å². The van der Waals surface area contributed by atoms with Crippen LogP contribution in [0.15, 0.2) is 38.3 Å². The zero-order chi connectivity index (χ0) is 18.2. The van der Waals surface area contributed by atoms with Crippen LogP contribution in [-0.2, 0) is 10.0 Å². The fourth-order valence-electron chi connectivity index (χ4n) is 2.86. The van der Waals surface area contributed by atoms with Crippen molar-refractivity contribution in [1.29, 1.82) is 0 Å². The summed E-state index contributed by atoms with van der Waals surface area (Å²) in [6, 6.07) is 7.25. The zero-order valence-corrected chi connectivity index (χ0v) is 17.2. The molecule has 25 heavy (non-hydrogen) atoms. The van der Waals surface area contributed by atoms with E-state index in [4.69, 9.17) is 0 Å². The summed E-state index contributed by atoms with van der Waals surface area (Å²) in [6.45, 7) is 5.11. The predicted octanol–water partition coefficient (Wildman–Crippen LogP) is 3.27. The molecule has 1 aliphatic heterocycles. The molecule has 2 heterocycles. The van der Waals surface area contributed by atoms with E-state index in [-0.39, 0.29) is 5.91 Å². The summed E-state index contributed by atoms with van der Waals surface area (Å²) in [4.78, 5) is 14.5. The van der Waals surface area contributed by atoms with E-state index in [9.17, 15) is 13.2 Å². The molecule has 0 atom stereocenters. The van der Waals surface area contributed by atoms with Gasteiger partial charge >= 0.3 is 0 Å². The van der Waals surface area contributed by atoms with Gasteiger partial charge in [0, 0.05) is 31.6 Å². The van der Waals surface area contributed by atoms with E-state index in [1.807, 2.05) is 24.4 Å². The molecule has 1 aromatic heterocycles. The highest BCUT2D eigenvalue weighted by Gasteiger charge is 2.31. The van der Waals surface area contributed by atoms with Gasteiger partial charge in [0.2, 0.25) is 10.0 Å². The Labute approximate surface area is 160 Å². The van der Waals surface area contributed by atoms with Crippen LogP contribution in [0.1, 0.15) is 21.5 Å². The van der Waals surface area contributed by atoms with Crippen molar-refractivity contribution in [2.24, 2.45) is 0 Å². The maximum absolute atomic E-state index is 12.9. The maximum atomic E-state index is 12.9. The topological polar surface area (TPSA) is 57.7 Å². The van der Waals surface area contributed by atoms with Crippen molar-refractivity contribution in [2.45, 2.75) is 18.7 Å². The molecule has 1 aliphatic rings. The van der Waals surface area contributed by atoms with Gasteiger partial charge in [-0.25, -0.2) is 8.42 Å². The van der Waals surface area contributed by atoms with Gasteiger partial charge in [0.15, 0.2) is 0 Å². The van der Waals surface area contributed by atoms with Crippen LogP contribution in [0.2, 0.25) is 0 Å². The number of hydrogen-bond donors (Lipinski definition) is 0. The number of hydrogen-bond acceptors (Lipinski definition) is 4. The van der Waals surface area contributed by atoms with Gasteiger partial charge in [-0.15, -0.1) is 11.3 Å². The largest absolute Gasteiger partial charge is 0.336 e. The summed E-state index contributed by atoms with van der Waals surface area (Å²) < 4.78 is 28.2. The molecular weight excluding hydrogens is 424 g/mol. The van der Waals surface area contributed by atoms with Gasteiger partial charge in [-0.05, 0) is 53.0 Å². The third-order valence-electron chi connectivity index (χ3n) is 4.30. The lowest BCUT2D eigenvalue weighted by atomic mass is 10.2. The minimum Gasteiger partial charge on any atom is -0.336 e. The van der Waals surface area contributed by atoms with Gasteiger partial charge in [0.1, 0.15) is 0 Å². The predicted molar refractivity (Wildman–Crippen MR) is 103 cm³/mol. The molecule has 1 fully saturated rings. The van der Waals surface area contributed by atoms with Crippen LogP contribution >= 0.6 is 27.3 Å². The first-order valence-electron chi connectivity index (χ1n) is 7.90. The Morgan fingerprint density at radius 2 is 1.80 bits per heavy atom. The first kappa shape index (κ1) is 18.6. The second kappa shape index (κ2) is 7.19. The summed E-state index contributed by atoms with van der Waals surface area (Å²) in [5, 5.41) is 1.81. The lowest BCUT2D eigenvalue weighted by Crippen LogP contribution is -2.50. The van der Waals surface area contributed by atoms with E-state index in [1.54, 1.807) is 24.0 Å². The smallest absolute Gasteiger partial charge is 0.254 e. The molecular formula is C17H19BrN2O3S2. The van der Waals surface area contributed by atoms with E-state index >= 15 is 0 Å². The first-order valence-corrected chi connectivity index (χ1v) is 11.0. The average Bonchev–Trinajstić information content (AvgIpc) is 3.03. The lowest BCUT2D eigenvalue weighted by molar-refractivity contribution is 0.0698. The Kier molecular flexibility index (Phi) is 5.34. The molecule has 0 spiro atoms. The van der Waals surface area contributed by atoms with Crippen LogP contribution in [0, 0.1) is 13.8 Å². The van der Waals surface area contributed by atoms with Gasteiger partial charge in [-0.1, -0.05) is 12.1 Å². The molecule has 0 bridgehead atoms. The number of rotatable bonds is 3. The van der Waals surface area contributed by atoms with Crippen molar-refractivity contribution < 1.29 is 13.2 Å². The van der Waals surface area contributed by atoms with Gasteiger partial charge in [0.25, 0.3) is 5.91 Å².